The number of benzene rings is 2. The van der Waals surface area contributed by atoms with Gasteiger partial charge in [0, 0.05) is 41.9 Å². The van der Waals surface area contributed by atoms with Crippen molar-refractivity contribution < 1.29 is 9.18 Å². The number of piperazine rings is 1. The van der Waals surface area contributed by atoms with Crippen LogP contribution in [0.4, 0.5) is 10.1 Å². The van der Waals surface area contributed by atoms with E-state index in [-0.39, 0.29) is 23.2 Å². The molecule has 2 aromatic rings. The lowest BCUT2D eigenvalue weighted by molar-refractivity contribution is 0.0664. The number of nitrogens with one attached hydrogen (secondary N) is 1. The minimum absolute atomic E-state index is 0.0508. The molecule has 6 heteroatoms. The van der Waals surface area contributed by atoms with Gasteiger partial charge in [0.05, 0.1) is 6.04 Å². The maximum Gasteiger partial charge on any atom is 0.253 e. The van der Waals surface area contributed by atoms with Crippen molar-refractivity contribution in [3.63, 3.8) is 0 Å². The Labute approximate surface area is 191 Å². The third-order valence-corrected chi connectivity index (χ3v) is 8.17. The topological polar surface area (TPSA) is 35.6 Å². The van der Waals surface area contributed by atoms with Gasteiger partial charge in [0.15, 0.2) is 0 Å². The lowest BCUT2D eigenvalue weighted by Gasteiger charge is -2.42. The van der Waals surface area contributed by atoms with Crippen LogP contribution in [0, 0.1) is 5.82 Å². The molecular weight excluding hydrogens is 457 g/mol. The molecule has 0 aromatic heterocycles. The number of hydrogen-bond acceptors (Lipinski definition) is 3. The van der Waals surface area contributed by atoms with Gasteiger partial charge in [-0.3, -0.25) is 4.79 Å². The van der Waals surface area contributed by atoms with Crippen LogP contribution in [0.1, 0.15) is 59.6 Å². The Hall–Kier alpha value is -1.92. The van der Waals surface area contributed by atoms with Gasteiger partial charge in [-0.05, 0) is 79.3 Å². The van der Waals surface area contributed by atoms with E-state index < -0.39 is 0 Å². The predicted octanol–water partition coefficient (Wildman–Crippen LogP) is 5.34. The summed E-state index contributed by atoms with van der Waals surface area (Å²) in [7, 11) is 2.10. The van der Waals surface area contributed by atoms with E-state index in [1.54, 1.807) is 12.1 Å². The zero-order valence-electron chi connectivity index (χ0n) is 18.0. The lowest BCUT2D eigenvalue weighted by atomic mass is 9.69. The van der Waals surface area contributed by atoms with Gasteiger partial charge >= 0.3 is 0 Å². The third kappa shape index (κ3) is 3.89. The van der Waals surface area contributed by atoms with E-state index in [2.05, 4.69) is 45.3 Å². The molecule has 1 amide bonds. The minimum atomic E-state index is -0.209. The van der Waals surface area contributed by atoms with Crippen molar-refractivity contribution in [2.24, 2.45) is 0 Å². The highest BCUT2D eigenvalue weighted by Crippen LogP contribution is 2.53. The summed E-state index contributed by atoms with van der Waals surface area (Å²) in [6.45, 7) is 3.41. The Morgan fingerprint density at radius 3 is 2.58 bits per heavy atom. The van der Waals surface area contributed by atoms with Crippen LogP contribution in [0.5, 0.6) is 0 Å². The first kappa shape index (κ1) is 21.0. The maximum absolute atomic E-state index is 14.0. The molecule has 1 spiro atoms. The molecule has 5 rings (SSSR count). The number of rotatable bonds is 2. The number of nitrogens with zero attached hydrogens (tertiary/aromatic N) is 2. The van der Waals surface area contributed by atoms with Gasteiger partial charge in [0.25, 0.3) is 5.91 Å². The first-order valence-corrected chi connectivity index (χ1v) is 12.1. The molecule has 3 aliphatic rings. The van der Waals surface area contributed by atoms with Crippen LogP contribution in [0.2, 0.25) is 0 Å². The Balaban J connectivity index is 1.49. The summed E-state index contributed by atoms with van der Waals surface area (Å²) in [6.07, 6.45) is 5.57. The zero-order valence-corrected chi connectivity index (χ0v) is 19.6. The molecule has 2 aliphatic heterocycles. The van der Waals surface area contributed by atoms with E-state index in [0.717, 1.165) is 66.7 Å². The fraction of sp³-hybridized carbons (Fsp3) is 0.480. The number of carbonyl (C=O) groups is 1. The number of amides is 1. The second kappa shape index (κ2) is 8.21. The largest absolute Gasteiger partial charge is 0.378 e. The van der Waals surface area contributed by atoms with Crippen LogP contribution in [0.3, 0.4) is 0 Å². The molecule has 0 bridgehead atoms. The molecular formula is C25H29BrFN3O. The van der Waals surface area contributed by atoms with E-state index in [1.165, 1.54) is 24.5 Å². The van der Waals surface area contributed by atoms with Crippen molar-refractivity contribution in [2.45, 2.75) is 43.6 Å². The maximum atomic E-state index is 14.0. The van der Waals surface area contributed by atoms with Gasteiger partial charge in [0.1, 0.15) is 5.82 Å². The van der Waals surface area contributed by atoms with E-state index >= 15 is 0 Å². The van der Waals surface area contributed by atoms with Crippen molar-refractivity contribution >= 4 is 27.5 Å². The molecule has 1 saturated carbocycles. The fourth-order valence-electron chi connectivity index (χ4n) is 5.67. The zero-order chi connectivity index (χ0) is 21.6. The van der Waals surface area contributed by atoms with Crippen LogP contribution < -0.4 is 5.32 Å². The van der Waals surface area contributed by atoms with Gasteiger partial charge in [0.2, 0.25) is 0 Å². The summed E-state index contributed by atoms with van der Waals surface area (Å²) < 4.78 is 15.0. The van der Waals surface area contributed by atoms with Crippen molar-refractivity contribution in [3.05, 3.63) is 63.4 Å². The molecule has 1 saturated heterocycles. The second-order valence-electron chi connectivity index (χ2n) is 9.41. The standard InChI is InChI=1S/C25H29BrFN3O/c1-29-10-12-30(13-11-29)24(31)17-4-7-22-20(14-17)25(8-2-3-9-25)16-23(28-22)19-15-18(27)5-6-21(19)26/h4-7,14-15,23,28H,2-3,8-13,16H2,1H3. The smallest absolute Gasteiger partial charge is 0.253 e. The summed E-state index contributed by atoms with van der Waals surface area (Å²) in [5, 5.41) is 3.66. The normalized spacial score (nSPS) is 22.9. The van der Waals surface area contributed by atoms with Crippen LogP contribution in [0.25, 0.3) is 0 Å². The van der Waals surface area contributed by atoms with Crippen LogP contribution in [-0.2, 0) is 5.41 Å². The van der Waals surface area contributed by atoms with Crippen LogP contribution in [-0.4, -0.2) is 48.9 Å². The van der Waals surface area contributed by atoms with E-state index in [9.17, 15) is 9.18 Å². The number of carbonyl (C=O) groups excluding carboxylic acids is 1. The van der Waals surface area contributed by atoms with Gasteiger partial charge in [-0.15, -0.1) is 0 Å². The molecule has 1 unspecified atom stereocenters. The first-order chi connectivity index (χ1) is 14.9. The number of halogens is 2. The molecule has 2 fully saturated rings. The van der Waals surface area contributed by atoms with Crippen molar-refractivity contribution in [1.82, 2.24) is 9.80 Å². The summed E-state index contributed by atoms with van der Waals surface area (Å²) >= 11 is 3.62. The minimum Gasteiger partial charge on any atom is -0.378 e. The molecule has 1 N–H and O–H groups in total. The fourth-order valence-corrected chi connectivity index (χ4v) is 6.19. The Bertz CT molecular complexity index is 996. The van der Waals surface area contributed by atoms with Crippen molar-refractivity contribution in [3.8, 4) is 0 Å². The SMILES string of the molecule is CN1CCN(C(=O)c2ccc3c(c2)C2(CCCC2)CC(c2cc(F)ccc2Br)N3)CC1. The Morgan fingerprint density at radius 2 is 1.84 bits per heavy atom. The van der Waals surface area contributed by atoms with Crippen molar-refractivity contribution in [2.75, 3.05) is 38.5 Å². The molecule has 164 valence electrons. The molecule has 1 atom stereocenters. The average Bonchev–Trinajstić information content (AvgIpc) is 3.24. The number of fused-ring (bicyclic) bond motifs is 2. The van der Waals surface area contributed by atoms with Crippen molar-refractivity contribution in [1.29, 1.82) is 0 Å². The summed E-state index contributed by atoms with van der Waals surface area (Å²) in [4.78, 5) is 17.4. The number of hydrogen-bond donors (Lipinski definition) is 1. The highest BCUT2D eigenvalue weighted by Gasteiger charge is 2.43. The monoisotopic (exact) mass is 485 g/mol. The highest BCUT2D eigenvalue weighted by molar-refractivity contribution is 9.10. The van der Waals surface area contributed by atoms with Gasteiger partial charge < -0.3 is 15.1 Å². The first-order valence-electron chi connectivity index (χ1n) is 11.3. The Morgan fingerprint density at radius 1 is 1.10 bits per heavy atom. The number of likely N-dealkylation sites (N-methyl/N-ethyl adjacent to an activating group) is 1. The predicted molar refractivity (Wildman–Crippen MR) is 125 cm³/mol. The highest BCUT2D eigenvalue weighted by atomic mass is 79.9. The van der Waals surface area contributed by atoms with E-state index in [4.69, 9.17) is 0 Å². The molecule has 4 nitrogen and oxygen atoms in total. The lowest BCUT2D eigenvalue weighted by Crippen LogP contribution is -2.47. The number of anilines is 1. The Kier molecular flexibility index (Phi) is 5.55. The van der Waals surface area contributed by atoms with Gasteiger partial charge in [-0.1, -0.05) is 28.8 Å². The molecule has 2 heterocycles. The van der Waals surface area contributed by atoms with Gasteiger partial charge in [-0.2, -0.15) is 0 Å². The molecule has 1 aliphatic carbocycles. The second-order valence-corrected chi connectivity index (χ2v) is 10.3. The van der Waals surface area contributed by atoms with Gasteiger partial charge in [-0.25, -0.2) is 4.39 Å². The van der Waals surface area contributed by atoms with Crippen LogP contribution >= 0.6 is 15.9 Å². The molecule has 31 heavy (non-hydrogen) atoms. The quantitative estimate of drug-likeness (QED) is 0.622. The average molecular weight is 486 g/mol. The van der Waals surface area contributed by atoms with Crippen LogP contribution in [0.15, 0.2) is 40.9 Å². The van der Waals surface area contributed by atoms with E-state index in [0.29, 0.717) is 0 Å². The molecule has 0 radical (unpaired) electrons. The summed E-state index contributed by atoms with van der Waals surface area (Å²) in [6, 6.07) is 11.1. The molecule has 2 aromatic carbocycles. The van der Waals surface area contributed by atoms with E-state index in [1.807, 2.05) is 11.0 Å². The summed E-state index contributed by atoms with van der Waals surface area (Å²) in [5.74, 6) is -0.0709. The summed E-state index contributed by atoms with van der Waals surface area (Å²) in [5.41, 5.74) is 4.17. The third-order valence-electron chi connectivity index (χ3n) is 7.45.